The highest BCUT2D eigenvalue weighted by molar-refractivity contribution is 5.66. The van der Waals surface area contributed by atoms with Crippen LogP contribution in [0.1, 0.15) is 30.7 Å². The molecule has 1 aromatic carbocycles. The number of benzene rings is 1. The highest BCUT2D eigenvalue weighted by Crippen LogP contribution is 2.15. The van der Waals surface area contributed by atoms with Gasteiger partial charge in [0.2, 0.25) is 11.8 Å². The summed E-state index contributed by atoms with van der Waals surface area (Å²) in [5.41, 5.74) is 0.487. The largest absolute Gasteiger partial charge is 0.481 e. The number of carbonyl (C=O) groups is 1. The zero-order valence-corrected chi connectivity index (χ0v) is 11.0. The van der Waals surface area contributed by atoms with Gasteiger partial charge in [0, 0.05) is 12.8 Å². The summed E-state index contributed by atoms with van der Waals surface area (Å²) in [6.07, 6.45) is 0.675. The quantitative estimate of drug-likeness (QED) is 0.878. The van der Waals surface area contributed by atoms with Gasteiger partial charge in [0.05, 0.1) is 6.42 Å². The molecule has 1 heterocycles. The van der Waals surface area contributed by atoms with E-state index in [1.165, 1.54) is 6.07 Å². The summed E-state index contributed by atoms with van der Waals surface area (Å²) >= 11 is 0. The molecule has 0 spiro atoms. The van der Waals surface area contributed by atoms with Gasteiger partial charge < -0.3 is 9.52 Å². The Morgan fingerprint density at radius 3 is 2.75 bits per heavy atom. The van der Waals surface area contributed by atoms with Gasteiger partial charge in [-0.25, -0.2) is 4.39 Å². The van der Waals surface area contributed by atoms with E-state index < -0.39 is 5.97 Å². The Balaban J connectivity index is 1.99. The maximum atomic E-state index is 13.5. The van der Waals surface area contributed by atoms with Gasteiger partial charge in [-0.05, 0) is 17.5 Å². The van der Waals surface area contributed by atoms with Gasteiger partial charge in [0.15, 0.2) is 0 Å². The first-order valence-corrected chi connectivity index (χ1v) is 6.31. The summed E-state index contributed by atoms with van der Waals surface area (Å²) in [5, 5.41) is 16.4. The maximum Gasteiger partial charge on any atom is 0.303 e. The van der Waals surface area contributed by atoms with E-state index >= 15 is 0 Å². The van der Waals surface area contributed by atoms with Crippen molar-refractivity contribution < 1.29 is 18.7 Å². The van der Waals surface area contributed by atoms with Gasteiger partial charge >= 0.3 is 5.97 Å². The Morgan fingerprint density at radius 2 is 2.05 bits per heavy atom. The van der Waals surface area contributed by atoms with Gasteiger partial charge in [-0.2, -0.15) is 0 Å². The Kier molecular flexibility index (Phi) is 4.45. The van der Waals surface area contributed by atoms with Crippen molar-refractivity contribution in [2.24, 2.45) is 5.92 Å². The highest BCUT2D eigenvalue weighted by atomic mass is 19.1. The number of nitrogens with zero attached hydrogens (tertiary/aromatic N) is 2. The molecule has 1 atom stereocenters. The number of hydrogen-bond donors (Lipinski definition) is 1. The van der Waals surface area contributed by atoms with Gasteiger partial charge in [-0.3, -0.25) is 4.79 Å². The van der Waals surface area contributed by atoms with Crippen molar-refractivity contribution in [1.29, 1.82) is 0 Å². The summed E-state index contributed by atoms with van der Waals surface area (Å²) in [6.45, 7) is 1.80. The molecule has 1 aromatic heterocycles. The van der Waals surface area contributed by atoms with Crippen molar-refractivity contribution in [3.8, 4) is 0 Å². The minimum absolute atomic E-state index is 0.0467. The molecular formula is C14H15FN2O3. The normalized spacial score (nSPS) is 12.3. The van der Waals surface area contributed by atoms with Crippen LogP contribution in [0.15, 0.2) is 28.7 Å². The molecule has 0 saturated heterocycles. The molecule has 2 rings (SSSR count). The average Bonchev–Trinajstić information content (AvgIpc) is 2.78. The van der Waals surface area contributed by atoms with Crippen LogP contribution in [-0.2, 0) is 17.6 Å². The van der Waals surface area contributed by atoms with Crippen LogP contribution in [0.5, 0.6) is 0 Å². The summed E-state index contributed by atoms with van der Waals surface area (Å²) in [4.78, 5) is 10.6. The fourth-order valence-electron chi connectivity index (χ4n) is 1.92. The summed E-state index contributed by atoms with van der Waals surface area (Å²) in [7, 11) is 0. The number of carboxylic acid groups (broad SMARTS) is 1. The molecule has 5 nitrogen and oxygen atoms in total. The fourth-order valence-corrected chi connectivity index (χ4v) is 1.92. The fraction of sp³-hybridized carbons (Fsp3) is 0.357. The first-order valence-electron chi connectivity index (χ1n) is 6.31. The van der Waals surface area contributed by atoms with Crippen molar-refractivity contribution in [2.75, 3.05) is 0 Å². The average molecular weight is 278 g/mol. The lowest BCUT2D eigenvalue weighted by Crippen LogP contribution is -2.07. The molecule has 1 unspecified atom stereocenters. The summed E-state index contributed by atoms with van der Waals surface area (Å²) in [6, 6.07) is 6.39. The molecule has 0 fully saturated rings. The molecule has 0 radical (unpaired) electrons. The van der Waals surface area contributed by atoms with Crippen molar-refractivity contribution in [1.82, 2.24) is 10.2 Å². The molecule has 0 saturated carbocycles. The van der Waals surface area contributed by atoms with Crippen LogP contribution in [0.2, 0.25) is 0 Å². The van der Waals surface area contributed by atoms with Gasteiger partial charge in [0.1, 0.15) is 5.82 Å². The number of carboxylic acids is 1. The highest BCUT2D eigenvalue weighted by Gasteiger charge is 2.14. The first-order chi connectivity index (χ1) is 9.54. The Bertz CT molecular complexity index is 598. The van der Waals surface area contributed by atoms with Crippen LogP contribution in [0.3, 0.4) is 0 Å². The van der Waals surface area contributed by atoms with E-state index in [0.29, 0.717) is 23.8 Å². The van der Waals surface area contributed by atoms with Crippen molar-refractivity contribution >= 4 is 5.97 Å². The van der Waals surface area contributed by atoms with Crippen molar-refractivity contribution in [3.63, 3.8) is 0 Å². The van der Waals surface area contributed by atoms with Crippen LogP contribution in [0.4, 0.5) is 4.39 Å². The third-order valence-electron chi connectivity index (χ3n) is 2.85. The maximum absolute atomic E-state index is 13.5. The van der Waals surface area contributed by atoms with Crippen LogP contribution >= 0.6 is 0 Å². The summed E-state index contributed by atoms with van der Waals surface area (Å²) in [5.74, 6) is -0.554. The Labute approximate surface area is 115 Å². The Morgan fingerprint density at radius 1 is 1.35 bits per heavy atom. The molecule has 6 heteroatoms. The van der Waals surface area contributed by atoms with E-state index in [1.54, 1.807) is 25.1 Å². The van der Waals surface area contributed by atoms with Gasteiger partial charge in [-0.1, -0.05) is 25.1 Å². The minimum atomic E-state index is -0.858. The molecule has 0 amide bonds. The lowest BCUT2D eigenvalue weighted by atomic mass is 10.0. The second kappa shape index (κ2) is 6.27. The van der Waals surface area contributed by atoms with Crippen LogP contribution in [0, 0.1) is 11.7 Å². The molecule has 2 aromatic rings. The zero-order valence-electron chi connectivity index (χ0n) is 11.0. The van der Waals surface area contributed by atoms with Crippen LogP contribution in [-0.4, -0.2) is 21.3 Å². The molecule has 1 N–H and O–H groups in total. The summed E-state index contributed by atoms with van der Waals surface area (Å²) < 4.78 is 18.9. The molecule has 106 valence electrons. The number of aromatic nitrogens is 2. The van der Waals surface area contributed by atoms with Crippen LogP contribution < -0.4 is 0 Å². The predicted octanol–water partition coefficient (Wildman–Crippen LogP) is 2.45. The van der Waals surface area contributed by atoms with E-state index in [1.807, 2.05) is 0 Å². The van der Waals surface area contributed by atoms with E-state index in [0.717, 1.165) is 0 Å². The predicted molar refractivity (Wildman–Crippen MR) is 68.6 cm³/mol. The third-order valence-corrected chi connectivity index (χ3v) is 2.85. The van der Waals surface area contributed by atoms with Crippen molar-refractivity contribution in [2.45, 2.75) is 26.2 Å². The first kappa shape index (κ1) is 14.2. The number of aliphatic carboxylic acids is 1. The number of halogens is 1. The molecule has 0 aliphatic heterocycles. The Hall–Kier alpha value is -2.24. The van der Waals surface area contributed by atoms with E-state index in [4.69, 9.17) is 9.52 Å². The second-order valence-electron chi connectivity index (χ2n) is 4.76. The minimum Gasteiger partial charge on any atom is -0.481 e. The number of rotatable bonds is 6. The molecular weight excluding hydrogens is 263 g/mol. The molecule has 0 aliphatic rings. The monoisotopic (exact) mass is 278 g/mol. The second-order valence-corrected chi connectivity index (χ2v) is 4.76. The van der Waals surface area contributed by atoms with Crippen LogP contribution in [0.25, 0.3) is 0 Å². The molecule has 0 aliphatic carbocycles. The molecule has 0 bridgehead atoms. The SMILES string of the molecule is CC(CC(=O)O)Cc1nnc(Cc2ccccc2F)o1. The molecule has 20 heavy (non-hydrogen) atoms. The van der Waals surface area contributed by atoms with E-state index in [9.17, 15) is 9.18 Å². The third kappa shape index (κ3) is 3.88. The van der Waals surface area contributed by atoms with Gasteiger partial charge in [-0.15, -0.1) is 10.2 Å². The van der Waals surface area contributed by atoms with E-state index in [-0.39, 0.29) is 24.6 Å². The lowest BCUT2D eigenvalue weighted by molar-refractivity contribution is -0.137. The van der Waals surface area contributed by atoms with E-state index in [2.05, 4.69) is 10.2 Å². The lowest BCUT2D eigenvalue weighted by Gasteiger charge is -2.03. The van der Waals surface area contributed by atoms with Gasteiger partial charge in [0.25, 0.3) is 0 Å². The van der Waals surface area contributed by atoms with Crippen molar-refractivity contribution in [3.05, 3.63) is 47.4 Å². The topological polar surface area (TPSA) is 76.2 Å². The number of hydrogen-bond acceptors (Lipinski definition) is 4. The standard InChI is InChI=1S/C14H15FN2O3/c1-9(7-14(18)19)6-12-16-17-13(20-12)8-10-4-2-3-5-11(10)15/h2-5,9H,6-8H2,1H3,(H,18,19). The smallest absolute Gasteiger partial charge is 0.303 e. The zero-order chi connectivity index (χ0) is 14.5.